The van der Waals surface area contributed by atoms with Gasteiger partial charge in [0.25, 0.3) is 0 Å². The van der Waals surface area contributed by atoms with E-state index >= 15 is 0 Å². The molecule has 0 radical (unpaired) electrons. The van der Waals surface area contributed by atoms with Gasteiger partial charge >= 0.3 is 0 Å². The fourth-order valence-electron chi connectivity index (χ4n) is 3.01. The molecular formula is C14H15F2NO. The van der Waals surface area contributed by atoms with Crippen LogP contribution < -0.4 is 5.73 Å². The van der Waals surface area contributed by atoms with Crippen LogP contribution in [0.1, 0.15) is 37.7 Å². The molecule has 4 heteroatoms. The van der Waals surface area contributed by atoms with Crippen molar-refractivity contribution < 1.29 is 13.2 Å². The van der Waals surface area contributed by atoms with Crippen LogP contribution in [0.5, 0.6) is 0 Å². The predicted molar refractivity (Wildman–Crippen MR) is 65.1 cm³/mol. The lowest BCUT2D eigenvalue weighted by Crippen LogP contribution is -2.39. The molecule has 0 amide bonds. The largest absolute Gasteiger partial charge is 0.461 e. The van der Waals surface area contributed by atoms with E-state index in [1.165, 1.54) is 6.26 Å². The first-order valence-corrected chi connectivity index (χ1v) is 6.26. The molecule has 1 heterocycles. The normalized spacial score (nSPS) is 19.3. The minimum Gasteiger partial charge on any atom is -0.461 e. The van der Waals surface area contributed by atoms with Gasteiger partial charge in [-0.3, -0.25) is 0 Å². The highest BCUT2D eigenvalue weighted by molar-refractivity contribution is 5.83. The van der Waals surface area contributed by atoms with Crippen LogP contribution in [0.3, 0.4) is 0 Å². The molecule has 1 aliphatic rings. The fourth-order valence-corrected chi connectivity index (χ4v) is 3.01. The van der Waals surface area contributed by atoms with Crippen molar-refractivity contribution in [2.75, 3.05) is 0 Å². The highest BCUT2D eigenvalue weighted by Gasteiger charge is 2.34. The maximum Gasteiger partial charge on any atom is 0.170 e. The zero-order chi connectivity index (χ0) is 12.8. The second-order valence-corrected chi connectivity index (χ2v) is 5.10. The molecule has 0 spiro atoms. The molecule has 3 rings (SSSR count). The maximum atomic E-state index is 14.1. The van der Waals surface area contributed by atoms with E-state index in [-0.39, 0.29) is 5.58 Å². The minimum atomic E-state index is -0.696. The van der Waals surface area contributed by atoms with E-state index in [4.69, 9.17) is 10.2 Å². The van der Waals surface area contributed by atoms with E-state index < -0.39 is 17.2 Å². The van der Waals surface area contributed by atoms with Gasteiger partial charge in [0.05, 0.1) is 6.26 Å². The molecule has 0 saturated heterocycles. The van der Waals surface area contributed by atoms with Crippen LogP contribution in [-0.4, -0.2) is 0 Å². The van der Waals surface area contributed by atoms with Crippen LogP contribution in [0, 0.1) is 11.6 Å². The van der Waals surface area contributed by atoms with Crippen LogP contribution in [0.25, 0.3) is 11.0 Å². The average Bonchev–Trinajstić information content (AvgIpc) is 2.78. The zero-order valence-electron chi connectivity index (χ0n) is 10.0. The maximum absolute atomic E-state index is 14.1. The molecule has 18 heavy (non-hydrogen) atoms. The lowest BCUT2D eigenvalue weighted by molar-refractivity contribution is 0.295. The number of furan rings is 1. The van der Waals surface area contributed by atoms with Crippen molar-refractivity contribution in [3.8, 4) is 0 Å². The molecule has 0 aliphatic heterocycles. The highest BCUT2D eigenvalue weighted by Crippen LogP contribution is 2.40. The van der Waals surface area contributed by atoms with Crippen molar-refractivity contribution in [3.05, 3.63) is 35.6 Å². The first-order chi connectivity index (χ1) is 8.62. The molecule has 96 valence electrons. The first kappa shape index (κ1) is 11.7. The van der Waals surface area contributed by atoms with Crippen molar-refractivity contribution in [1.29, 1.82) is 0 Å². The van der Waals surface area contributed by atoms with Gasteiger partial charge in [0.15, 0.2) is 11.4 Å². The summed E-state index contributed by atoms with van der Waals surface area (Å²) in [6.07, 6.45) is 5.92. The van der Waals surface area contributed by atoms with Crippen LogP contribution >= 0.6 is 0 Å². The van der Waals surface area contributed by atoms with Gasteiger partial charge in [-0.15, -0.1) is 0 Å². The topological polar surface area (TPSA) is 39.2 Å². The second-order valence-electron chi connectivity index (χ2n) is 5.10. The fraction of sp³-hybridized carbons (Fsp3) is 0.429. The van der Waals surface area contributed by atoms with Crippen LogP contribution in [-0.2, 0) is 5.54 Å². The van der Waals surface area contributed by atoms with Gasteiger partial charge in [0.2, 0.25) is 0 Å². The quantitative estimate of drug-likeness (QED) is 0.836. The molecule has 2 aromatic rings. The number of halogens is 2. The molecule has 1 fully saturated rings. The Labute approximate surface area is 104 Å². The van der Waals surface area contributed by atoms with E-state index in [1.807, 2.05) is 0 Å². The molecule has 1 saturated carbocycles. The van der Waals surface area contributed by atoms with Gasteiger partial charge in [-0.25, -0.2) is 8.78 Å². The standard InChI is InChI=1S/C14H15F2NO/c15-10-8-11(16)13-9(4-7-18-13)12(10)14(17)5-2-1-3-6-14/h4,7-8H,1-3,5-6,17H2. The van der Waals surface area contributed by atoms with Crippen molar-refractivity contribution in [3.63, 3.8) is 0 Å². The molecule has 1 aliphatic carbocycles. The summed E-state index contributed by atoms with van der Waals surface area (Å²) in [5.41, 5.74) is 6.16. The Balaban J connectivity index is 2.24. The molecule has 0 atom stereocenters. The lowest BCUT2D eigenvalue weighted by Gasteiger charge is -2.34. The van der Waals surface area contributed by atoms with Gasteiger partial charge in [0, 0.05) is 22.6 Å². The van der Waals surface area contributed by atoms with E-state index in [9.17, 15) is 8.78 Å². The number of rotatable bonds is 1. The number of benzene rings is 1. The van der Waals surface area contributed by atoms with Crippen molar-refractivity contribution in [2.24, 2.45) is 5.73 Å². The molecule has 1 aromatic carbocycles. The minimum absolute atomic E-state index is 0.0989. The number of nitrogens with two attached hydrogens (primary N) is 1. The monoisotopic (exact) mass is 251 g/mol. The van der Waals surface area contributed by atoms with Gasteiger partial charge in [-0.2, -0.15) is 0 Å². The number of hydrogen-bond donors (Lipinski definition) is 1. The zero-order valence-corrected chi connectivity index (χ0v) is 10.0. The van der Waals surface area contributed by atoms with Crippen LogP contribution in [0.15, 0.2) is 22.8 Å². The molecule has 2 N–H and O–H groups in total. The lowest BCUT2D eigenvalue weighted by atomic mass is 9.76. The SMILES string of the molecule is NC1(c2c(F)cc(F)c3occc23)CCCCC1. The Morgan fingerprint density at radius 1 is 1.11 bits per heavy atom. The van der Waals surface area contributed by atoms with E-state index in [1.54, 1.807) is 6.07 Å². The van der Waals surface area contributed by atoms with Gasteiger partial charge in [0.1, 0.15) is 5.82 Å². The average molecular weight is 251 g/mol. The Bertz CT molecular complexity index is 585. The molecule has 0 unspecified atom stereocenters. The smallest absolute Gasteiger partial charge is 0.170 e. The van der Waals surface area contributed by atoms with Gasteiger partial charge < -0.3 is 10.2 Å². The molecule has 2 nitrogen and oxygen atoms in total. The third-order valence-electron chi connectivity index (χ3n) is 3.89. The van der Waals surface area contributed by atoms with Crippen LogP contribution in [0.2, 0.25) is 0 Å². The first-order valence-electron chi connectivity index (χ1n) is 6.26. The third kappa shape index (κ3) is 1.63. The summed E-state index contributed by atoms with van der Waals surface area (Å²) in [4.78, 5) is 0. The van der Waals surface area contributed by atoms with Gasteiger partial charge in [-0.1, -0.05) is 19.3 Å². The summed E-state index contributed by atoms with van der Waals surface area (Å²) < 4.78 is 32.8. The van der Waals surface area contributed by atoms with E-state index in [0.717, 1.165) is 38.2 Å². The number of fused-ring (bicyclic) bond motifs is 1. The Morgan fingerprint density at radius 2 is 1.83 bits per heavy atom. The predicted octanol–water partition coefficient (Wildman–Crippen LogP) is 3.83. The summed E-state index contributed by atoms with van der Waals surface area (Å²) in [5, 5.41) is 0.469. The molecular weight excluding hydrogens is 236 g/mol. The van der Waals surface area contributed by atoms with E-state index in [0.29, 0.717) is 10.9 Å². The second kappa shape index (κ2) is 4.05. The Kier molecular flexibility index (Phi) is 2.63. The van der Waals surface area contributed by atoms with E-state index in [2.05, 4.69) is 0 Å². The molecule has 1 aromatic heterocycles. The van der Waals surface area contributed by atoms with Crippen molar-refractivity contribution in [2.45, 2.75) is 37.6 Å². The highest BCUT2D eigenvalue weighted by atomic mass is 19.1. The van der Waals surface area contributed by atoms with Crippen molar-refractivity contribution >= 4 is 11.0 Å². The summed E-state index contributed by atoms with van der Waals surface area (Å²) in [7, 11) is 0. The third-order valence-corrected chi connectivity index (χ3v) is 3.89. The van der Waals surface area contributed by atoms with Crippen LogP contribution in [0.4, 0.5) is 8.78 Å². The Morgan fingerprint density at radius 3 is 2.56 bits per heavy atom. The number of hydrogen-bond acceptors (Lipinski definition) is 2. The summed E-state index contributed by atoms with van der Waals surface area (Å²) in [6, 6.07) is 2.48. The summed E-state index contributed by atoms with van der Waals surface area (Å²) in [6.45, 7) is 0. The van der Waals surface area contributed by atoms with Crippen molar-refractivity contribution in [1.82, 2.24) is 0 Å². The van der Waals surface area contributed by atoms with Gasteiger partial charge in [-0.05, 0) is 18.9 Å². The summed E-state index contributed by atoms with van der Waals surface area (Å²) >= 11 is 0. The summed E-state index contributed by atoms with van der Waals surface area (Å²) in [5.74, 6) is -1.23. The Hall–Kier alpha value is -1.42. The molecule has 0 bridgehead atoms.